The number of aromatic amines is 1. The molecule has 0 spiro atoms. The summed E-state index contributed by atoms with van der Waals surface area (Å²) in [6, 6.07) is 9.19. The molecule has 0 aliphatic rings. The number of thiophene rings is 1. The average Bonchev–Trinajstić information content (AvgIpc) is 2.79. The highest BCUT2D eigenvalue weighted by atomic mass is 32.1. The van der Waals surface area contributed by atoms with Gasteiger partial charge < -0.3 is 10.7 Å². The van der Waals surface area contributed by atoms with Crippen LogP contribution < -0.4 is 11.2 Å². The molecule has 2 heterocycles. The number of nitrogen functional groups attached to an aromatic ring is 1. The molecule has 3 N–H and O–H groups in total. The Hall–Kier alpha value is -1.72. The Morgan fingerprint density at radius 3 is 2.78 bits per heavy atom. The van der Waals surface area contributed by atoms with Crippen LogP contribution in [0.3, 0.4) is 0 Å². The number of aromatic nitrogens is 1. The minimum Gasteiger partial charge on any atom is -0.398 e. The lowest BCUT2D eigenvalue weighted by Gasteiger charge is -2.07. The number of rotatable bonds is 1. The highest BCUT2D eigenvalue weighted by molar-refractivity contribution is 7.80. The van der Waals surface area contributed by atoms with Crippen molar-refractivity contribution < 1.29 is 0 Å². The minimum absolute atomic E-state index is 0.0262. The second kappa shape index (κ2) is 4.19. The van der Waals surface area contributed by atoms with E-state index in [0.717, 1.165) is 11.1 Å². The molecule has 90 valence electrons. The van der Waals surface area contributed by atoms with Gasteiger partial charge in [0, 0.05) is 11.3 Å². The van der Waals surface area contributed by atoms with Gasteiger partial charge in [-0.2, -0.15) is 0 Å². The zero-order chi connectivity index (χ0) is 12.7. The van der Waals surface area contributed by atoms with E-state index >= 15 is 0 Å². The Morgan fingerprint density at radius 1 is 1.22 bits per heavy atom. The van der Waals surface area contributed by atoms with Gasteiger partial charge in [0.1, 0.15) is 0 Å². The molecule has 0 amide bonds. The predicted octanol–water partition coefficient (Wildman–Crippen LogP) is 3.13. The van der Waals surface area contributed by atoms with Crippen LogP contribution in [-0.4, -0.2) is 4.98 Å². The van der Waals surface area contributed by atoms with E-state index in [0.29, 0.717) is 21.0 Å². The van der Waals surface area contributed by atoms with Crippen LogP contribution in [0.15, 0.2) is 45.5 Å². The predicted molar refractivity (Wildman–Crippen MR) is 79.5 cm³/mol. The van der Waals surface area contributed by atoms with Gasteiger partial charge in [-0.05, 0) is 17.5 Å². The fourth-order valence-corrected chi connectivity index (χ4v) is 3.11. The molecule has 3 rings (SSSR count). The molecule has 0 fully saturated rings. The molecule has 0 aliphatic carbocycles. The number of hydrogen-bond donors (Lipinski definition) is 3. The third kappa shape index (κ3) is 1.63. The number of para-hydroxylation sites is 1. The summed E-state index contributed by atoms with van der Waals surface area (Å²) in [5.74, 6) is 0. The Bertz CT molecular complexity index is 789. The first-order valence-corrected chi connectivity index (χ1v) is 6.68. The summed E-state index contributed by atoms with van der Waals surface area (Å²) in [7, 11) is 0. The Morgan fingerprint density at radius 2 is 2.00 bits per heavy atom. The first-order valence-electron chi connectivity index (χ1n) is 5.36. The number of H-pyrrole nitrogens is 1. The largest absolute Gasteiger partial charge is 0.398 e. The summed E-state index contributed by atoms with van der Waals surface area (Å²) in [5, 5.41) is 2.43. The fraction of sp³-hybridized carbons (Fsp3) is 0. The lowest BCUT2D eigenvalue weighted by molar-refractivity contribution is 1.20. The first-order chi connectivity index (χ1) is 8.68. The maximum atomic E-state index is 12.4. The maximum Gasteiger partial charge on any atom is 0.208 e. The summed E-state index contributed by atoms with van der Waals surface area (Å²) < 4.78 is 0.700. The van der Waals surface area contributed by atoms with Crippen molar-refractivity contribution in [2.24, 2.45) is 0 Å². The van der Waals surface area contributed by atoms with Crippen LogP contribution in [0.4, 0.5) is 5.69 Å². The van der Waals surface area contributed by atoms with Gasteiger partial charge in [-0.1, -0.05) is 18.2 Å². The van der Waals surface area contributed by atoms with Gasteiger partial charge in [-0.15, -0.1) is 24.0 Å². The number of fused-ring (bicyclic) bond motifs is 1. The Kier molecular flexibility index (Phi) is 2.65. The smallest absolute Gasteiger partial charge is 0.208 e. The van der Waals surface area contributed by atoms with E-state index in [-0.39, 0.29) is 5.43 Å². The molecule has 3 aromatic rings. The summed E-state index contributed by atoms with van der Waals surface area (Å²) in [6.07, 6.45) is 0. The quantitative estimate of drug-likeness (QED) is 0.471. The van der Waals surface area contributed by atoms with Crippen LogP contribution in [0.1, 0.15) is 0 Å². The number of hydrogen-bond acceptors (Lipinski definition) is 4. The van der Waals surface area contributed by atoms with E-state index in [1.807, 2.05) is 29.6 Å². The van der Waals surface area contributed by atoms with Crippen molar-refractivity contribution in [3.8, 4) is 11.1 Å². The van der Waals surface area contributed by atoms with Gasteiger partial charge in [0.05, 0.1) is 20.8 Å². The molecule has 2 aromatic heterocycles. The van der Waals surface area contributed by atoms with Gasteiger partial charge in [-0.25, -0.2) is 0 Å². The second-order valence-corrected chi connectivity index (χ2v) is 5.29. The van der Waals surface area contributed by atoms with Crippen LogP contribution >= 0.6 is 24.0 Å². The van der Waals surface area contributed by atoms with E-state index in [2.05, 4.69) is 17.6 Å². The van der Waals surface area contributed by atoms with E-state index in [1.165, 1.54) is 11.3 Å². The molecule has 18 heavy (non-hydrogen) atoms. The van der Waals surface area contributed by atoms with E-state index in [1.54, 1.807) is 6.07 Å². The molecule has 1 aromatic carbocycles. The van der Waals surface area contributed by atoms with Gasteiger partial charge in [-0.3, -0.25) is 4.79 Å². The molecule has 3 nitrogen and oxygen atoms in total. The number of pyridine rings is 1. The molecule has 0 bridgehead atoms. The van der Waals surface area contributed by atoms with Gasteiger partial charge >= 0.3 is 0 Å². The lowest BCUT2D eigenvalue weighted by Crippen LogP contribution is -2.07. The highest BCUT2D eigenvalue weighted by Gasteiger charge is 2.14. The Labute approximate surface area is 113 Å². The van der Waals surface area contributed by atoms with Crippen molar-refractivity contribution in [2.45, 2.75) is 5.03 Å². The van der Waals surface area contributed by atoms with E-state index in [9.17, 15) is 4.79 Å². The summed E-state index contributed by atoms with van der Waals surface area (Å²) >= 11 is 5.79. The number of thiol groups is 1. The average molecular weight is 274 g/mol. The summed E-state index contributed by atoms with van der Waals surface area (Å²) in [5.41, 5.74) is 8.55. The van der Waals surface area contributed by atoms with Crippen molar-refractivity contribution in [1.82, 2.24) is 4.98 Å². The van der Waals surface area contributed by atoms with Crippen molar-refractivity contribution >= 4 is 39.9 Å². The third-order valence-electron chi connectivity index (χ3n) is 2.82. The van der Waals surface area contributed by atoms with Gasteiger partial charge in [0.25, 0.3) is 0 Å². The van der Waals surface area contributed by atoms with Gasteiger partial charge in [0.15, 0.2) is 0 Å². The minimum atomic E-state index is -0.0262. The molecule has 0 saturated carbocycles. The molecule has 0 unspecified atom stereocenters. The van der Waals surface area contributed by atoms with E-state index < -0.39 is 0 Å². The van der Waals surface area contributed by atoms with Crippen LogP contribution in [0.25, 0.3) is 21.3 Å². The standard InChI is InChI=1S/C13H10N2OS2/c14-8-4-2-1-3-7(8)10-11(16)12-9(5-6-18-12)15-13(10)17/h1-6H,14H2,(H2,15,16,17). The topological polar surface area (TPSA) is 58.9 Å². The maximum absolute atomic E-state index is 12.4. The van der Waals surface area contributed by atoms with Crippen LogP contribution in [0.5, 0.6) is 0 Å². The molecule has 0 saturated heterocycles. The third-order valence-corrected chi connectivity index (χ3v) is 4.07. The highest BCUT2D eigenvalue weighted by Crippen LogP contribution is 2.29. The number of anilines is 1. The number of nitrogens with one attached hydrogen (secondary N) is 1. The molecular formula is C13H10N2OS2. The van der Waals surface area contributed by atoms with Crippen LogP contribution in [0, 0.1) is 0 Å². The molecule has 0 aliphatic heterocycles. The van der Waals surface area contributed by atoms with Crippen molar-refractivity contribution in [2.75, 3.05) is 5.73 Å². The lowest BCUT2D eigenvalue weighted by atomic mass is 10.1. The van der Waals surface area contributed by atoms with Crippen molar-refractivity contribution in [3.05, 3.63) is 45.9 Å². The molecule has 5 heteroatoms. The molecule has 0 atom stereocenters. The van der Waals surface area contributed by atoms with Crippen molar-refractivity contribution in [3.63, 3.8) is 0 Å². The normalized spacial score (nSPS) is 10.9. The van der Waals surface area contributed by atoms with Crippen molar-refractivity contribution in [1.29, 1.82) is 0 Å². The second-order valence-electron chi connectivity index (χ2n) is 3.93. The summed E-state index contributed by atoms with van der Waals surface area (Å²) in [4.78, 5) is 15.6. The molecular weight excluding hydrogens is 264 g/mol. The fourth-order valence-electron chi connectivity index (χ4n) is 1.97. The number of nitrogens with two attached hydrogens (primary N) is 1. The molecule has 0 radical (unpaired) electrons. The SMILES string of the molecule is Nc1ccccc1-c1c(S)[nH]c2ccsc2c1=O. The van der Waals surface area contributed by atoms with Crippen LogP contribution in [-0.2, 0) is 0 Å². The van der Waals surface area contributed by atoms with E-state index in [4.69, 9.17) is 5.73 Å². The zero-order valence-corrected chi connectivity index (χ0v) is 11.0. The monoisotopic (exact) mass is 274 g/mol. The van der Waals surface area contributed by atoms with Gasteiger partial charge in [0.2, 0.25) is 5.43 Å². The summed E-state index contributed by atoms with van der Waals surface area (Å²) in [6.45, 7) is 0. The van der Waals surface area contributed by atoms with Crippen LogP contribution in [0.2, 0.25) is 0 Å². The Balaban J connectivity index is 2.43. The number of benzene rings is 1. The first kappa shape index (κ1) is 11.4. The zero-order valence-electron chi connectivity index (χ0n) is 9.31.